The van der Waals surface area contributed by atoms with Crippen molar-refractivity contribution in [1.82, 2.24) is 14.7 Å². The maximum atomic E-state index is 12.0. The summed E-state index contributed by atoms with van der Waals surface area (Å²) in [5, 5.41) is 11.2. The summed E-state index contributed by atoms with van der Waals surface area (Å²) in [4.78, 5) is 7.43. The van der Waals surface area contributed by atoms with Crippen molar-refractivity contribution in [3.63, 3.8) is 0 Å². The van der Waals surface area contributed by atoms with Gasteiger partial charge in [-0.25, -0.2) is 18.1 Å². The van der Waals surface area contributed by atoms with Gasteiger partial charge in [0.05, 0.1) is 11.9 Å². The van der Waals surface area contributed by atoms with Gasteiger partial charge >= 0.3 is 7.12 Å². The predicted molar refractivity (Wildman–Crippen MR) is 101 cm³/mol. The van der Waals surface area contributed by atoms with Crippen LogP contribution in [0.25, 0.3) is 16.6 Å². The average molecular weight is 375 g/mol. The van der Waals surface area contributed by atoms with Crippen molar-refractivity contribution in [2.24, 2.45) is 5.92 Å². The molecule has 3 N–H and O–H groups in total. The molecule has 1 fully saturated rings. The fraction of sp³-hybridized carbons (Fsp3) is 0.471. The maximum Gasteiger partial charge on any atom is 0.555 e. The Kier molecular flexibility index (Phi) is 4.33. The molecule has 0 unspecified atom stereocenters. The molecule has 0 amide bonds. The van der Waals surface area contributed by atoms with Crippen molar-refractivity contribution in [2.45, 2.75) is 39.2 Å². The quantitative estimate of drug-likeness (QED) is 0.692. The number of H-pyrrole nitrogens is 1. The van der Waals surface area contributed by atoms with Crippen LogP contribution >= 0.6 is 0 Å². The number of allylic oxidation sites excluding steroid dienone is 2. The minimum absolute atomic E-state index is 0.0520. The molecule has 0 aromatic carbocycles. The molecule has 0 radical (unpaired) electrons. The summed E-state index contributed by atoms with van der Waals surface area (Å²) >= 11 is 0. The first kappa shape index (κ1) is 17.6. The van der Waals surface area contributed by atoms with Crippen molar-refractivity contribution in [1.29, 1.82) is 0 Å². The molecule has 7 nitrogen and oxygen atoms in total. The highest BCUT2D eigenvalue weighted by Gasteiger charge is 2.41. The molecule has 0 atom stereocenters. The summed E-state index contributed by atoms with van der Waals surface area (Å²) in [7, 11) is -4.21. The van der Waals surface area contributed by atoms with Gasteiger partial charge in [-0.2, -0.15) is 0 Å². The Hall–Kier alpha value is -1.84. The molecule has 9 heteroatoms. The van der Waals surface area contributed by atoms with Crippen molar-refractivity contribution in [3.05, 3.63) is 29.5 Å². The number of rotatable bonds is 5. The molecular formula is C17H22BN3O4S. The van der Waals surface area contributed by atoms with Gasteiger partial charge in [0, 0.05) is 23.2 Å². The third-order valence-electron chi connectivity index (χ3n) is 5.22. The molecule has 2 aromatic rings. The van der Waals surface area contributed by atoms with E-state index >= 15 is 0 Å². The minimum atomic E-state index is -3.21. The lowest BCUT2D eigenvalue weighted by molar-refractivity contribution is 0.307. The van der Waals surface area contributed by atoms with Crippen LogP contribution in [-0.2, 0) is 10.0 Å². The fourth-order valence-corrected chi connectivity index (χ4v) is 5.31. The fourth-order valence-electron chi connectivity index (χ4n) is 3.95. The van der Waals surface area contributed by atoms with E-state index in [0.29, 0.717) is 12.2 Å². The van der Waals surface area contributed by atoms with Crippen LogP contribution in [-0.4, -0.2) is 42.3 Å². The number of hydrogen-bond acceptors (Lipinski definition) is 5. The highest BCUT2D eigenvalue weighted by Crippen LogP contribution is 2.48. The number of sulfonamides is 1. The molecule has 0 bridgehead atoms. The number of hydrogen-bond donors (Lipinski definition) is 3. The Morgan fingerprint density at radius 3 is 2.96 bits per heavy atom. The van der Waals surface area contributed by atoms with Crippen molar-refractivity contribution in [3.8, 4) is 5.75 Å². The van der Waals surface area contributed by atoms with E-state index in [1.807, 2.05) is 26.1 Å². The Morgan fingerprint density at radius 2 is 2.23 bits per heavy atom. The molecule has 0 saturated heterocycles. The lowest BCUT2D eigenvalue weighted by Gasteiger charge is -2.40. The number of nitrogens with zero attached hydrogens (tertiary/aromatic N) is 1. The second kappa shape index (κ2) is 6.40. The van der Waals surface area contributed by atoms with Gasteiger partial charge in [0.1, 0.15) is 11.4 Å². The van der Waals surface area contributed by atoms with E-state index in [1.165, 1.54) is 0 Å². The van der Waals surface area contributed by atoms with E-state index in [2.05, 4.69) is 14.7 Å². The van der Waals surface area contributed by atoms with Gasteiger partial charge in [0.25, 0.3) is 0 Å². The molecular weight excluding hydrogens is 353 g/mol. The molecule has 0 spiro atoms. The summed E-state index contributed by atoms with van der Waals surface area (Å²) < 4.78 is 32.4. The molecule has 26 heavy (non-hydrogen) atoms. The smallest absolute Gasteiger partial charge is 0.531 e. The van der Waals surface area contributed by atoms with Crippen molar-refractivity contribution < 1.29 is 18.1 Å². The zero-order valence-electron chi connectivity index (χ0n) is 14.8. The second-order valence-corrected chi connectivity index (χ2v) is 8.98. The van der Waals surface area contributed by atoms with Gasteiger partial charge < -0.3 is 14.7 Å². The first-order valence-corrected chi connectivity index (χ1v) is 10.6. The van der Waals surface area contributed by atoms with Crippen LogP contribution in [0.4, 0.5) is 0 Å². The van der Waals surface area contributed by atoms with Gasteiger partial charge in [-0.1, -0.05) is 6.92 Å². The lowest BCUT2D eigenvalue weighted by atomic mass is 9.64. The van der Waals surface area contributed by atoms with Crippen LogP contribution in [0.1, 0.15) is 38.7 Å². The van der Waals surface area contributed by atoms with E-state index in [9.17, 15) is 13.4 Å². The van der Waals surface area contributed by atoms with Gasteiger partial charge in [0.15, 0.2) is 0 Å². The van der Waals surface area contributed by atoms with Crippen molar-refractivity contribution in [2.75, 3.05) is 5.75 Å². The molecule has 1 saturated carbocycles. The summed E-state index contributed by atoms with van der Waals surface area (Å²) in [6.45, 7) is 3.73. The normalized spacial score (nSPS) is 23.0. The Morgan fingerprint density at radius 1 is 1.46 bits per heavy atom. The second-order valence-electron chi connectivity index (χ2n) is 7.11. The Labute approximate surface area is 153 Å². The summed E-state index contributed by atoms with van der Waals surface area (Å²) in [5.74, 6) is 0.906. The third kappa shape index (κ3) is 2.93. The minimum Gasteiger partial charge on any atom is -0.531 e. The van der Waals surface area contributed by atoms with Crippen LogP contribution in [0.2, 0.25) is 0 Å². The molecule has 2 aromatic heterocycles. The number of aromatic nitrogens is 2. The number of fused-ring (bicyclic) bond motifs is 3. The zero-order valence-corrected chi connectivity index (χ0v) is 15.6. The zero-order chi connectivity index (χ0) is 18.5. The van der Waals surface area contributed by atoms with Gasteiger partial charge in [-0.05, 0) is 49.2 Å². The Bertz CT molecular complexity index is 979. The van der Waals surface area contributed by atoms with E-state index in [-0.39, 0.29) is 17.7 Å². The first-order chi connectivity index (χ1) is 12.4. The maximum absolute atomic E-state index is 12.0. The van der Waals surface area contributed by atoms with E-state index in [0.717, 1.165) is 40.5 Å². The topological polar surface area (TPSA) is 104 Å². The third-order valence-corrected chi connectivity index (χ3v) is 6.86. The molecule has 3 heterocycles. The number of aromatic amines is 1. The largest absolute Gasteiger partial charge is 0.555 e. The van der Waals surface area contributed by atoms with Gasteiger partial charge in [-0.15, -0.1) is 0 Å². The van der Waals surface area contributed by atoms with Crippen LogP contribution in [0.3, 0.4) is 0 Å². The molecule has 1 aliphatic carbocycles. The molecule has 4 rings (SSSR count). The van der Waals surface area contributed by atoms with E-state index < -0.39 is 17.1 Å². The van der Waals surface area contributed by atoms with Gasteiger partial charge in [-0.3, -0.25) is 0 Å². The van der Waals surface area contributed by atoms with E-state index in [4.69, 9.17) is 4.65 Å². The molecule has 1 aliphatic heterocycles. The van der Waals surface area contributed by atoms with E-state index in [1.54, 1.807) is 6.20 Å². The lowest BCUT2D eigenvalue weighted by Crippen LogP contribution is -2.46. The highest BCUT2D eigenvalue weighted by atomic mass is 32.2. The van der Waals surface area contributed by atoms with Crippen LogP contribution in [0.5, 0.6) is 5.75 Å². The first-order valence-electron chi connectivity index (χ1n) is 8.91. The van der Waals surface area contributed by atoms with Gasteiger partial charge in [0.2, 0.25) is 10.0 Å². The summed E-state index contributed by atoms with van der Waals surface area (Å²) in [6.07, 6.45) is 5.50. The summed E-state index contributed by atoms with van der Waals surface area (Å²) in [6, 6.07) is 1.90. The Balaban J connectivity index is 1.63. The molecule has 2 aliphatic rings. The SMILES string of the molecule is CCCS(=O)(=O)NC1CC(C2=C(C)B(O)Oc3cnc4[nH]ccc4c32)C1. The monoisotopic (exact) mass is 375 g/mol. The average Bonchev–Trinajstić information content (AvgIpc) is 3.01. The number of pyridine rings is 1. The highest BCUT2D eigenvalue weighted by molar-refractivity contribution is 7.89. The van der Waals surface area contributed by atoms with Crippen LogP contribution in [0.15, 0.2) is 23.9 Å². The molecule has 138 valence electrons. The van der Waals surface area contributed by atoms with Crippen LogP contribution in [0, 0.1) is 5.92 Å². The number of nitrogens with one attached hydrogen (secondary N) is 2. The predicted octanol–water partition coefficient (Wildman–Crippen LogP) is 1.86. The summed E-state index contributed by atoms with van der Waals surface area (Å²) in [5.41, 5.74) is 3.57. The van der Waals surface area contributed by atoms with Crippen LogP contribution < -0.4 is 9.38 Å². The standard InChI is InChI=1S/C17H22BN3O4S/c1-3-6-26(23,24)21-12-7-11(8-12)15-10(2)18(22)25-14-9-20-17-13(16(14)15)4-5-19-17/h4-5,9,11-12,21-22H,3,6-8H2,1-2H3,(H,19,20). The van der Waals surface area contributed by atoms with Crippen molar-refractivity contribution >= 4 is 33.7 Å².